The van der Waals surface area contributed by atoms with E-state index in [0.717, 1.165) is 49.6 Å². The van der Waals surface area contributed by atoms with Gasteiger partial charge >= 0.3 is 0 Å². The predicted octanol–water partition coefficient (Wildman–Crippen LogP) is 4.28. The Labute approximate surface area is 276 Å². The molecule has 7 rings (SSSR count). The minimum atomic E-state index is -1.14. The molecule has 0 atom stereocenters. The zero-order valence-corrected chi connectivity index (χ0v) is 27.6. The van der Waals surface area contributed by atoms with Gasteiger partial charge in [-0.3, -0.25) is 9.69 Å². The third kappa shape index (κ3) is 6.70. The molecule has 0 bridgehead atoms. The average Bonchev–Trinajstić information content (AvgIpc) is 3.32. The molecule has 4 aromatic rings. The van der Waals surface area contributed by atoms with Gasteiger partial charge in [0, 0.05) is 50.3 Å². The molecule has 0 amide bonds. The zero-order valence-electron chi connectivity index (χ0n) is 27.6. The first-order chi connectivity index (χ1) is 22.8. The minimum Gasteiger partial charge on any atom is -0.384 e. The van der Waals surface area contributed by atoms with E-state index in [1.54, 1.807) is 42.9 Å². The summed E-state index contributed by atoms with van der Waals surface area (Å²) in [6, 6.07) is 13.8. The Morgan fingerprint density at radius 2 is 1.74 bits per heavy atom. The number of aliphatic hydroxyl groups is 1. The lowest BCUT2D eigenvalue weighted by Crippen LogP contribution is -2.49. The molecule has 0 radical (unpaired) electrons. The number of nitrogens with zero attached hydrogens (tertiary/aromatic N) is 7. The highest BCUT2D eigenvalue weighted by molar-refractivity contribution is 5.77. The van der Waals surface area contributed by atoms with E-state index in [0.29, 0.717) is 28.5 Å². The first-order valence-electron chi connectivity index (χ1n) is 17.1. The molecule has 0 spiro atoms. The van der Waals surface area contributed by atoms with Crippen LogP contribution in [0, 0.1) is 17.8 Å². The number of fused-ring (bicyclic) bond motifs is 1. The lowest BCUT2D eigenvalue weighted by molar-refractivity contribution is 0.0738. The van der Waals surface area contributed by atoms with E-state index in [1.807, 2.05) is 6.07 Å². The number of nitrogens with one attached hydrogen (secondary N) is 2. The fourth-order valence-corrected chi connectivity index (χ4v) is 7.42. The van der Waals surface area contributed by atoms with Gasteiger partial charge < -0.3 is 20.6 Å². The van der Waals surface area contributed by atoms with Crippen LogP contribution in [-0.2, 0) is 12.1 Å². The summed E-state index contributed by atoms with van der Waals surface area (Å²) in [6.07, 6.45) is 8.85. The topological polar surface area (TPSA) is 116 Å². The zero-order chi connectivity index (χ0) is 32.5. The lowest BCUT2D eigenvalue weighted by atomic mass is 9.73. The molecule has 1 saturated carbocycles. The van der Waals surface area contributed by atoms with Crippen LogP contribution in [0.4, 0.5) is 17.3 Å². The molecular weight excluding hydrogens is 590 g/mol. The summed E-state index contributed by atoms with van der Waals surface area (Å²) in [7, 11) is 0. The Hall–Kier alpha value is -4.06. The van der Waals surface area contributed by atoms with Crippen molar-refractivity contribution in [3.63, 3.8) is 0 Å². The van der Waals surface area contributed by atoms with Crippen molar-refractivity contribution < 1.29 is 5.11 Å². The molecule has 11 nitrogen and oxygen atoms in total. The number of piperazine rings is 1. The quantitative estimate of drug-likeness (QED) is 0.219. The molecule has 2 aliphatic heterocycles. The Kier molecular flexibility index (Phi) is 8.87. The Balaban J connectivity index is 1.01. The minimum absolute atomic E-state index is 0.236. The second kappa shape index (κ2) is 13.2. The molecule has 2 saturated heterocycles. The third-order valence-electron chi connectivity index (χ3n) is 10.3. The van der Waals surface area contributed by atoms with Gasteiger partial charge in [-0.05, 0) is 107 Å². The highest BCUT2D eigenvalue weighted by Crippen LogP contribution is 2.35. The second-order valence-corrected chi connectivity index (χ2v) is 14.0. The van der Waals surface area contributed by atoms with Gasteiger partial charge in [0.1, 0.15) is 11.0 Å². The molecule has 5 heterocycles. The number of hydrogen-bond donors (Lipinski definition) is 3. The number of pyridine rings is 1. The van der Waals surface area contributed by atoms with Crippen LogP contribution < -0.4 is 21.1 Å². The van der Waals surface area contributed by atoms with E-state index in [1.165, 1.54) is 55.7 Å². The highest BCUT2D eigenvalue weighted by Gasteiger charge is 2.32. The van der Waals surface area contributed by atoms with Gasteiger partial charge in [-0.2, -0.15) is 4.98 Å². The summed E-state index contributed by atoms with van der Waals surface area (Å²) in [4.78, 5) is 32.4. The van der Waals surface area contributed by atoms with Gasteiger partial charge in [0.25, 0.3) is 5.56 Å². The molecule has 248 valence electrons. The summed E-state index contributed by atoms with van der Waals surface area (Å²) in [5.74, 6) is 3.62. The molecule has 47 heavy (non-hydrogen) atoms. The Morgan fingerprint density at radius 3 is 2.40 bits per heavy atom. The van der Waals surface area contributed by atoms with Crippen molar-refractivity contribution in [1.82, 2.24) is 34.5 Å². The normalized spacial score (nSPS) is 21.1. The van der Waals surface area contributed by atoms with Crippen molar-refractivity contribution in [3.8, 4) is 5.82 Å². The van der Waals surface area contributed by atoms with E-state index in [2.05, 4.69) is 61.2 Å². The van der Waals surface area contributed by atoms with Crippen molar-refractivity contribution in [2.24, 2.45) is 17.8 Å². The van der Waals surface area contributed by atoms with Gasteiger partial charge in [0.05, 0.1) is 12.2 Å². The van der Waals surface area contributed by atoms with Crippen LogP contribution in [0.25, 0.3) is 16.9 Å². The number of anilines is 3. The fraction of sp³-hybridized carbons (Fsp3) is 0.500. The molecular formula is C36H47N9O2. The van der Waals surface area contributed by atoms with Gasteiger partial charge in [0.2, 0.25) is 5.95 Å². The maximum atomic E-state index is 13.3. The predicted molar refractivity (Wildman–Crippen MR) is 187 cm³/mol. The summed E-state index contributed by atoms with van der Waals surface area (Å²) in [6.45, 7) is 15.5. The molecule has 3 aliphatic rings. The van der Waals surface area contributed by atoms with Gasteiger partial charge in [-0.25, -0.2) is 19.3 Å². The molecule has 1 aromatic carbocycles. The second-order valence-electron chi connectivity index (χ2n) is 14.0. The van der Waals surface area contributed by atoms with Crippen LogP contribution in [0.3, 0.4) is 0 Å². The first kappa shape index (κ1) is 31.5. The Morgan fingerprint density at radius 1 is 1.00 bits per heavy atom. The van der Waals surface area contributed by atoms with Gasteiger partial charge in [0.15, 0.2) is 11.5 Å². The fourth-order valence-electron chi connectivity index (χ4n) is 7.42. The number of aromatic nitrogens is 5. The molecule has 3 fully saturated rings. The largest absolute Gasteiger partial charge is 0.384 e. The van der Waals surface area contributed by atoms with Crippen LogP contribution in [-0.4, -0.2) is 80.1 Å². The molecule has 3 N–H and O–H groups in total. The number of allylic oxidation sites excluding steroid dienone is 1. The van der Waals surface area contributed by atoms with Crippen molar-refractivity contribution in [2.45, 2.75) is 51.7 Å². The van der Waals surface area contributed by atoms with E-state index in [-0.39, 0.29) is 12.1 Å². The highest BCUT2D eigenvalue weighted by atomic mass is 16.3. The third-order valence-corrected chi connectivity index (χ3v) is 10.3. The van der Waals surface area contributed by atoms with E-state index in [9.17, 15) is 9.90 Å². The van der Waals surface area contributed by atoms with Crippen LogP contribution >= 0.6 is 0 Å². The van der Waals surface area contributed by atoms with Crippen LogP contribution in [0.5, 0.6) is 0 Å². The molecule has 1 aliphatic carbocycles. The monoisotopic (exact) mass is 637 g/mol. The molecule has 11 heteroatoms. The van der Waals surface area contributed by atoms with Gasteiger partial charge in [-0.15, -0.1) is 6.58 Å². The standard InChI is InChI=1S/C36H47N9O2/c1-4-16-44-34(46)30-23-38-35(41-33(30)45(44)32-7-5-6-31(40-32)36(2,3)47)39-28-12-14-29(15-13-28)43-19-17-42(18-20-43)24-25-8-10-26(11-9-25)27-21-37-22-27/h4-7,12-15,23,25-27,37,47H,1,8-11,16-22,24H2,2-3H3,(H,38,39,41). The number of benzene rings is 1. The summed E-state index contributed by atoms with van der Waals surface area (Å²) in [5, 5.41) is 17.7. The van der Waals surface area contributed by atoms with Crippen molar-refractivity contribution in [2.75, 3.05) is 56.0 Å². The van der Waals surface area contributed by atoms with Crippen molar-refractivity contribution in [3.05, 3.63) is 77.4 Å². The van der Waals surface area contributed by atoms with Crippen molar-refractivity contribution >= 4 is 28.4 Å². The van der Waals surface area contributed by atoms with Crippen LogP contribution in [0.2, 0.25) is 0 Å². The van der Waals surface area contributed by atoms with E-state index >= 15 is 0 Å². The maximum absolute atomic E-state index is 13.3. The number of hydrogen-bond acceptors (Lipinski definition) is 9. The lowest BCUT2D eigenvalue weighted by Gasteiger charge is -2.41. The average molecular weight is 638 g/mol. The SMILES string of the molecule is C=CCn1c(=O)c2cnc(Nc3ccc(N4CCN(CC5CCC(C6CNC6)CC5)CC4)cc3)nc2n1-c1cccc(C(C)(C)O)n1. The Bertz CT molecular complexity index is 1750. The summed E-state index contributed by atoms with van der Waals surface area (Å²) < 4.78 is 3.20. The van der Waals surface area contributed by atoms with Crippen LogP contribution in [0.1, 0.15) is 45.2 Å². The van der Waals surface area contributed by atoms with E-state index < -0.39 is 5.60 Å². The van der Waals surface area contributed by atoms with Crippen LogP contribution in [0.15, 0.2) is 66.1 Å². The maximum Gasteiger partial charge on any atom is 0.278 e. The molecule has 0 unspecified atom stereocenters. The number of rotatable bonds is 10. The smallest absolute Gasteiger partial charge is 0.278 e. The molecule has 3 aromatic heterocycles. The first-order valence-corrected chi connectivity index (χ1v) is 17.1. The van der Waals surface area contributed by atoms with Gasteiger partial charge in [-0.1, -0.05) is 12.1 Å². The summed E-state index contributed by atoms with van der Waals surface area (Å²) >= 11 is 0. The van der Waals surface area contributed by atoms with Crippen molar-refractivity contribution in [1.29, 1.82) is 0 Å². The summed E-state index contributed by atoms with van der Waals surface area (Å²) in [5.41, 5.74) is 1.61. The van der Waals surface area contributed by atoms with E-state index in [4.69, 9.17) is 4.98 Å².